The zero-order valence-electron chi connectivity index (χ0n) is 8.25. The third-order valence-corrected chi connectivity index (χ3v) is 2.59. The van der Waals surface area contributed by atoms with Crippen molar-refractivity contribution in [1.29, 1.82) is 5.41 Å². The third-order valence-electron chi connectivity index (χ3n) is 1.66. The van der Waals surface area contributed by atoms with Gasteiger partial charge < -0.3 is 10.2 Å². The number of aromatic nitrogens is 1. The predicted molar refractivity (Wildman–Crippen MR) is 57.7 cm³/mol. The summed E-state index contributed by atoms with van der Waals surface area (Å²) in [6.07, 6.45) is 4.33. The highest BCUT2D eigenvalue weighted by Crippen LogP contribution is 2.18. The number of nitrogens with one attached hydrogen (secondary N) is 1. The molecule has 0 atom stereocenters. The molecule has 1 heterocycles. The van der Waals surface area contributed by atoms with Crippen LogP contribution in [0.15, 0.2) is 15.9 Å². The van der Waals surface area contributed by atoms with Crippen LogP contribution in [0.5, 0.6) is 0 Å². The second-order valence-corrected chi connectivity index (χ2v) is 4.13. The highest BCUT2D eigenvalue weighted by atomic mass is 32.2. The maximum Gasteiger partial charge on any atom is 0.255 e. The van der Waals surface area contributed by atoms with Gasteiger partial charge in [-0.3, -0.25) is 5.41 Å². The molecule has 5 heteroatoms. The average molecular weight is 213 g/mol. The number of thioether (sulfide) groups is 1. The fourth-order valence-corrected chi connectivity index (χ4v) is 1.82. The Hall–Kier alpha value is -0.970. The molecule has 0 aliphatic rings. The van der Waals surface area contributed by atoms with Gasteiger partial charge in [0, 0.05) is 12.2 Å². The quantitative estimate of drug-likeness (QED) is 0.329. The lowest BCUT2D eigenvalue weighted by Crippen LogP contribution is -2.08. The van der Waals surface area contributed by atoms with Gasteiger partial charge in [-0.2, -0.15) is 0 Å². The van der Waals surface area contributed by atoms with Crippen molar-refractivity contribution < 1.29 is 4.42 Å². The van der Waals surface area contributed by atoms with Gasteiger partial charge >= 0.3 is 0 Å². The van der Waals surface area contributed by atoms with E-state index in [0.717, 1.165) is 29.5 Å². The van der Waals surface area contributed by atoms with Crippen molar-refractivity contribution in [1.82, 2.24) is 4.98 Å². The molecule has 0 aliphatic carbocycles. The Balaban J connectivity index is 2.07. The molecular formula is C9H15N3OS. The van der Waals surface area contributed by atoms with E-state index in [0.29, 0.717) is 6.42 Å². The van der Waals surface area contributed by atoms with E-state index in [1.165, 1.54) is 0 Å². The molecule has 78 valence electrons. The van der Waals surface area contributed by atoms with Gasteiger partial charge in [-0.15, -0.1) is 0 Å². The van der Waals surface area contributed by atoms with Crippen molar-refractivity contribution in [3.63, 3.8) is 0 Å². The first-order valence-electron chi connectivity index (χ1n) is 4.56. The van der Waals surface area contributed by atoms with Crippen LogP contribution in [-0.4, -0.2) is 16.6 Å². The van der Waals surface area contributed by atoms with Crippen molar-refractivity contribution in [2.45, 2.75) is 31.4 Å². The van der Waals surface area contributed by atoms with Crippen LogP contribution >= 0.6 is 11.8 Å². The summed E-state index contributed by atoms with van der Waals surface area (Å²) in [6.45, 7) is 1.91. The summed E-state index contributed by atoms with van der Waals surface area (Å²) in [4.78, 5) is 4.17. The molecule has 1 aromatic heterocycles. The molecule has 0 amide bonds. The van der Waals surface area contributed by atoms with E-state index in [2.05, 4.69) is 4.98 Å². The SMILES string of the molecule is Cc1coc(SCCCCC(=N)N)n1. The van der Waals surface area contributed by atoms with Crippen molar-refractivity contribution in [3.05, 3.63) is 12.0 Å². The molecule has 0 fully saturated rings. The molecule has 0 spiro atoms. The molecule has 1 aromatic rings. The lowest BCUT2D eigenvalue weighted by molar-refractivity contribution is 0.454. The van der Waals surface area contributed by atoms with E-state index < -0.39 is 0 Å². The van der Waals surface area contributed by atoms with Crippen LogP contribution < -0.4 is 5.73 Å². The Bertz CT molecular complexity index is 298. The van der Waals surface area contributed by atoms with Crippen LogP contribution in [0.3, 0.4) is 0 Å². The van der Waals surface area contributed by atoms with Gasteiger partial charge in [0.2, 0.25) is 0 Å². The van der Waals surface area contributed by atoms with Crippen LogP contribution in [0.2, 0.25) is 0 Å². The molecule has 14 heavy (non-hydrogen) atoms. The summed E-state index contributed by atoms with van der Waals surface area (Å²) in [7, 11) is 0. The standard InChI is InChI=1S/C9H15N3OS/c1-7-6-13-9(12-7)14-5-3-2-4-8(10)11/h6H,2-5H2,1H3,(H3,10,11). The van der Waals surface area contributed by atoms with Gasteiger partial charge in [-0.05, 0) is 19.8 Å². The Morgan fingerprint density at radius 2 is 2.43 bits per heavy atom. The van der Waals surface area contributed by atoms with Crippen molar-refractivity contribution in [2.75, 3.05) is 5.75 Å². The van der Waals surface area contributed by atoms with E-state index in [1.807, 2.05) is 6.92 Å². The maximum atomic E-state index is 7.04. The summed E-state index contributed by atoms with van der Waals surface area (Å²) in [5.41, 5.74) is 6.15. The van der Waals surface area contributed by atoms with E-state index in [1.54, 1.807) is 18.0 Å². The van der Waals surface area contributed by atoms with E-state index in [9.17, 15) is 0 Å². The van der Waals surface area contributed by atoms with Gasteiger partial charge in [-0.25, -0.2) is 4.98 Å². The first-order valence-corrected chi connectivity index (χ1v) is 5.55. The molecule has 3 N–H and O–H groups in total. The van der Waals surface area contributed by atoms with E-state index in [-0.39, 0.29) is 5.84 Å². The minimum Gasteiger partial charge on any atom is -0.440 e. The number of amidine groups is 1. The summed E-state index contributed by atoms with van der Waals surface area (Å²) < 4.78 is 5.18. The van der Waals surface area contributed by atoms with Crippen LogP contribution in [0, 0.1) is 12.3 Å². The number of nitrogens with two attached hydrogens (primary N) is 1. The van der Waals surface area contributed by atoms with Crippen molar-refractivity contribution in [2.24, 2.45) is 5.73 Å². The Labute approximate surface area is 87.8 Å². The Morgan fingerprint density at radius 3 is 3.00 bits per heavy atom. The summed E-state index contributed by atoms with van der Waals surface area (Å²) in [5, 5.41) is 7.76. The Kier molecular flexibility index (Phi) is 4.52. The van der Waals surface area contributed by atoms with Crippen molar-refractivity contribution >= 4 is 17.6 Å². The monoisotopic (exact) mass is 213 g/mol. The molecule has 0 unspecified atom stereocenters. The van der Waals surface area contributed by atoms with E-state index >= 15 is 0 Å². The topological polar surface area (TPSA) is 75.9 Å². The minimum atomic E-state index is 0.266. The molecule has 4 nitrogen and oxygen atoms in total. The van der Waals surface area contributed by atoms with E-state index in [4.69, 9.17) is 15.6 Å². The molecule has 0 aromatic carbocycles. The predicted octanol–water partition coefficient (Wildman–Crippen LogP) is 2.18. The molecule has 0 saturated carbocycles. The number of aryl methyl sites for hydroxylation is 1. The highest BCUT2D eigenvalue weighted by molar-refractivity contribution is 7.99. The number of unbranched alkanes of at least 4 members (excludes halogenated alkanes) is 1. The average Bonchev–Trinajstić information content (AvgIpc) is 2.50. The number of rotatable bonds is 6. The smallest absolute Gasteiger partial charge is 0.255 e. The first kappa shape index (κ1) is 11.1. The van der Waals surface area contributed by atoms with Crippen molar-refractivity contribution in [3.8, 4) is 0 Å². The molecule has 1 rings (SSSR count). The molecule has 0 radical (unpaired) electrons. The third kappa shape index (κ3) is 4.32. The Morgan fingerprint density at radius 1 is 1.64 bits per heavy atom. The van der Waals surface area contributed by atoms with Gasteiger partial charge in [-0.1, -0.05) is 11.8 Å². The number of hydrogen-bond donors (Lipinski definition) is 2. The molecule has 0 saturated heterocycles. The van der Waals surface area contributed by atoms with Crippen LogP contribution in [0.1, 0.15) is 25.0 Å². The summed E-state index contributed by atoms with van der Waals surface area (Å²) in [5.74, 6) is 1.23. The molecular weight excluding hydrogens is 198 g/mol. The molecule has 0 aliphatic heterocycles. The summed E-state index contributed by atoms with van der Waals surface area (Å²) >= 11 is 1.60. The first-order chi connectivity index (χ1) is 6.68. The maximum absolute atomic E-state index is 7.04. The normalized spacial score (nSPS) is 10.4. The largest absolute Gasteiger partial charge is 0.440 e. The van der Waals surface area contributed by atoms with Gasteiger partial charge in [0.05, 0.1) is 11.5 Å². The number of nitrogens with zero attached hydrogens (tertiary/aromatic N) is 1. The zero-order valence-corrected chi connectivity index (χ0v) is 9.06. The number of oxazole rings is 1. The lowest BCUT2D eigenvalue weighted by Gasteiger charge is -1.97. The number of hydrogen-bond acceptors (Lipinski definition) is 4. The zero-order chi connectivity index (χ0) is 10.4. The van der Waals surface area contributed by atoms with Gasteiger partial charge in [0.25, 0.3) is 5.22 Å². The highest BCUT2D eigenvalue weighted by Gasteiger charge is 2.00. The van der Waals surface area contributed by atoms with Crippen LogP contribution in [0.25, 0.3) is 0 Å². The fourth-order valence-electron chi connectivity index (χ4n) is 0.976. The van der Waals surface area contributed by atoms with Gasteiger partial charge in [0.15, 0.2) is 0 Å². The van der Waals surface area contributed by atoms with Crippen LogP contribution in [-0.2, 0) is 0 Å². The summed E-state index contributed by atoms with van der Waals surface area (Å²) in [6, 6.07) is 0. The second kappa shape index (κ2) is 5.70. The van der Waals surface area contributed by atoms with Crippen LogP contribution in [0.4, 0.5) is 0 Å². The fraction of sp³-hybridized carbons (Fsp3) is 0.556. The molecule has 0 bridgehead atoms. The van der Waals surface area contributed by atoms with Gasteiger partial charge in [0.1, 0.15) is 6.26 Å². The minimum absolute atomic E-state index is 0.266. The lowest BCUT2D eigenvalue weighted by atomic mass is 10.2. The second-order valence-electron chi connectivity index (χ2n) is 3.09.